The molecular weight excluding hydrogens is 334 g/mol. The number of carbonyl (C=O) groups excluding carboxylic acids is 1. The van der Waals surface area contributed by atoms with Crippen LogP contribution >= 0.6 is 0 Å². The highest BCUT2D eigenvalue weighted by Gasteiger charge is 2.25. The van der Waals surface area contributed by atoms with Crippen molar-refractivity contribution in [1.82, 2.24) is 15.1 Å². The number of nitrogens with two attached hydrogens (primary N) is 2. The molecule has 0 spiro atoms. The number of primary amides is 1. The Morgan fingerprint density at radius 3 is 2.50 bits per heavy atom. The summed E-state index contributed by atoms with van der Waals surface area (Å²) in [6, 6.07) is 5.36. The minimum absolute atomic E-state index is 0.0839. The van der Waals surface area contributed by atoms with Crippen LogP contribution in [0.2, 0.25) is 0 Å². The van der Waals surface area contributed by atoms with Crippen molar-refractivity contribution in [3.05, 3.63) is 35.0 Å². The first kappa shape index (κ1) is 17.6. The lowest BCUT2D eigenvalue weighted by atomic mass is 10.1. The van der Waals surface area contributed by atoms with Gasteiger partial charge in [-0.2, -0.15) is 5.10 Å². The Labute approximate surface area is 151 Å². The van der Waals surface area contributed by atoms with Gasteiger partial charge in [0.1, 0.15) is 22.9 Å². The van der Waals surface area contributed by atoms with Crippen molar-refractivity contribution in [3.8, 4) is 23.3 Å². The summed E-state index contributed by atoms with van der Waals surface area (Å²) in [5.41, 5.74) is 12.7. The van der Waals surface area contributed by atoms with Gasteiger partial charge in [0.25, 0.3) is 5.91 Å². The summed E-state index contributed by atoms with van der Waals surface area (Å²) in [4.78, 5) is 11.8. The van der Waals surface area contributed by atoms with Crippen LogP contribution < -0.4 is 26.3 Å². The molecular formula is C18H21N5O3. The van der Waals surface area contributed by atoms with Crippen molar-refractivity contribution in [2.24, 2.45) is 5.73 Å². The van der Waals surface area contributed by atoms with E-state index in [0.717, 1.165) is 19.5 Å². The third kappa shape index (κ3) is 3.43. The minimum atomic E-state index is -0.646. The lowest BCUT2D eigenvalue weighted by Crippen LogP contribution is -2.18. The fourth-order valence-electron chi connectivity index (χ4n) is 2.92. The molecule has 0 saturated carbocycles. The number of aromatic nitrogens is 2. The standard InChI is InChI=1S/C18H21N5O3/c1-25-13-7-11(8-14(9-13)26-2)3-4-15-16(18(20)24)17(19)23(22-15)12-5-6-21-10-12/h7-9,12,21H,5-6,10,19H2,1-2H3,(H2,20,24). The highest BCUT2D eigenvalue weighted by molar-refractivity contribution is 5.99. The molecule has 2 aromatic rings. The predicted octanol–water partition coefficient (Wildman–Crippen LogP) is 0.516. The van der Waals surface area contributed by atoms with E-state index in [2.05, 4.69) is 22.3 Å². The highest BCUT2D eigenvalue weighted by atomic mass is 16.5. The van der Waals surface area contributed by atoms with E-state index in [0.29, 0.717) is 17.1 Å². The molecule has 2 heterocycles. The van der Waals surface area contributed by atoms with Gasteiger partial charge in [-0.05, 0) is 31.0 Å². The number of methoxy groups -OCH3 is 2. The monoisotopic (exact) mass is 355 g/mol. The Morgan fingerprint density at radius 2 is 1.96 bits per heavy atom. The highest BCUT2D eigenvalue weighted by Crippen LogP contribution is 2.25. The van der Waals surface area contributed by atoms with E-state index < -0.39 is 5.91 Å². The fourth-order valence-corrected chi connectivity index (χ4v) is 2.92. The first-order valence-electron chi connectivity index (χ1n) is 8.17. The first-order chi connectivity index (χ1) is 12.5. The van der Waals surface area contributed by atoms with Crippen LogP contribution in [0.5, 0.6) is 11.5 Å². The zero-order valence-corrected chi connectivity index (χ0v) is 14.7. The number of nitrogen functional groups attached to an aromatic ring is 1. The Hall–Kier alpha value is -3.18. The lowest BCUT2D eigenvalue weighted by molar-refractivity contribution is 0.100. The number of nitrogens with zero attached hydrogens (tertiary/aromatic N) is 2. The molecule has 8 heteroatoms. The molecule has 1 saturated heterocycles. The molecule has 3 rings (SSSR count). The van der Waals surface area contributed by atoms with Crippen LogP contribution in [0.15, 0.2) is 18.2 Å². The van der Waals surface area contributed by atoms with Crippen LogP contribution in [-0.2, 0) is 0 Å². The van der Waals surface area contributed by atoms with E-state index >= 15 is 0 Å². The molecule has 1 aliphatic heterocycles. The van der Waals surface area contributed by atoms with Crippen LogP contribution in [0.4, 0.5) is 5.82 Å². The van der Waals surface area contributed by atoms with Crippen LogP contribution in [-0.4, -0.2) is 43.0 Å². The van der Waals surface area contributed by atoms with Crippen LogP contribution in [0.3, 0.4) is 0 Å². The SMILES string of the molecule is COc1cc(C#Cc2nn(C3CCNC3)c(N)c2C(N)=O)cc(OC)c1. The number of nitrogens with one attached hydrogen (secondary N) is 1. The Kier molecular flexibility index (Phi) is 5.00. The van der Waals surface area contributed by atoms with Crippen molar-refractivity contribution in [3.63, 3.8) is 0 Å². The Morgan fingerprint density at radius 1 is 1.27 bits per heavy atom. The zero-order valence-electron chi connectivity index (χ0n) is 14.7. The van der Waals surface area contributed by atoms with Gasteiger partial charge in [0.15, 0.2) is 5.69 Å². The molecule has 1 unspecified atom stereocenters. The molecule has 1 aromatic carbocycles. The van der Waals surface area contributed by atoms with Gasteiger partial charge < -0.3 is 26.3 Å². The summed E-state index contributed by atoms with van der Waals surface area (Å²) >= 11 is 0. The number of carbonyl (C=O) groups is 1. The fraction of sp³-hybridized carbons (Fsp3) is 0.333. The average molecular weight is 355 g/mol. The van der Waals surface area contributed by atoms with E-state index in [1.165, 1.54) is 0 Å². The molecule has 136 valence electrons. The van der Waals surface area contributed by atoms with Gasteiger partial charge >= 0.3 is 0 Å². The first-order valence-corrected chi connectivity index (χ1v) is 8.17. The largest absolute Gasteiger partial charge is 0.497 e. The summed E-state index contributed by atoms with van der Waals surface area (Å²) < 4.78 is 12.1. The minimum Gasteiger partial charge on any atom is -0.497 e. The quantitative estimate of drug-likeness (QED) is 0.688. The summed E-state index contributed by atoms with van der Waals surface area (Å²) in [7, 11) is 3.13. The molecule has 0 bridgehead atoms. The summed E-state index contributed by atoms with van der Waals surface area (Å²) in [5, 5.41) is 7.67. The van der Waals surface area contributed by atoms with Crippen molar-refractivity contribution in [2.45, 2.75) is 12.5 Å². The second kappa shape index (κ2) is 7.37. The number of ether oxygens (including phenoxy) is 2. The molecule has 0 radical (unpaired) electrons. The molecule has 26 heavy (non-hydrogen) atoms. The smallest absolute Gasteiger partial charge is 0.255 e. The summed E-state index contributed by atoms with van der Waals surface area (Å²) in [6.07, 6.45) is 0.879. The van der Waals surface area contributed by atoms with Gasteiger partial charge in [0.2, 0.25) is 0 Å². The second-order valence-corrected chi connectivity index (χ2v) is 5.92. The molecule has 1 aromatic heterocycles. The van der Waals surface area contributed by atoms with Crippen LogP contribution in [0, 0.1) is 11.8 Å². The molecule has 1 fully saturated rings. The molecule has 0 aliphatic carbocycles. The Balaban J connectivity index is 2.01. The third-order valence-corrected chi connectivity index (χ3v) is 4.25. The van der Waals surface area contributed by atoms with E-state index in [-0.39, 0.29) is 23.1 Å². The number of hydrogen-bond acceptors (Lipinski definition) is 6. The van der Waals surface area contributed by atoms with E-state index in [9.17, 15) is 4.79 Å². The maximum Gasteiger partial charge on any atom is 0.255 e. The van der Waals surface area contributed by atoms with E-state index in [1.54, 1.807) is 37.1 Å². The van der Waals surface area contributed by atoms with Crippen molar-refractivity contribution in [2.75, 3.05) is 33.0 Å². The molecule has 1 amide bonds. The predicted molar refractivity (Wildman–Crippen MR) is 97.2 cm³/mol. The maximum atomic E-state index is 11.8. The van der Waals surface area contributed by atoms with Gasteiger partial charge in [0.05, 0.1) is 20.3 Å². The maximum absolute atomic E-state index is 11.8. The number of rotatable bonds is 4. The number of hydrogen-bond donors (Lipinski definition) is 3. The Bertz CT molecular complexity index is 866. The average Bonchev–Trinajstić information content (AvgIpc) is 3.27. The van der Waals surface area contributed by atoms with Crippen LogP contribution in [0.1, 0.15) is 34.1 Å². The number of amides is 1. The molecule has 5 N–H and O–H groups in total. The normalized spacial score (nSPS) is 16.0. The van der Waals surface area contributed by atoms with Gasteiger partial charge in [-0.15, -0.1) is 0 Å². The van der Waals surface area contributed by atoms with Crippen molar-refractivity contribution >= 4 is 11.7 Å². The van der Waals surface area contributed by atoms with E-state index in [1.807, 2.05) is 0 Å². The zero-order chi connectivity index (χ0) is 18.7. The number of anilines is 1. The van der Waals surface area contributed by atoms with Crippen LogP contribution in [0.25, 0.3) is 0 Å². The van der Waals surface area contributed by atoms with Crippen molar-refractivity contribution in [1.29, 1.82) is 0 Å². The molecule has 1 aliphatic rings. The molecule has 8 nitrogen and oxygen atoms in total. The van der Waals surface area contributed by atoms with E-state index in [4.69, 9.17) is 20.9 Å². The van der Waals surface area contributed by atoms with Gasteiger partial charge in [0, 0.05) is 18.2 Å². The topological polar surface area (TPSA) is 117 Å². The summed E-state index contributed by atoms with van der Waals surface area (Å²) in [6.45, 7) is 1.62. The van der Waals surface area contributed by atoms with Crippen molar-refractivity contribution < 1.29 is 14.3 Å². The third-order valence-electron chi connectivity index (χ3n) is 4.25. The van der Waals surface area contributed by atoms with Gasteiger partial charge in [-0.3, -0.25) is 4.79 Å². The van der Waals surface area contributed by atoms with Gasteiger partial charge in [-0.1, -0.05) is 5.92 Å². The molecule has 1 atom stereocenters. The summed E-state index contributed by atoms with van der Waals surface area (Å²) in [5.74, 6) is 6.71. The lowest BCUT2D eigenvalue weighted by Gasteiger charge is -2.10. The number of benzene rings is 1. The van der Waals surface area contributed by atoms with Gasteiger partial charge in [-0.25, -0.2) is 4.68 Å². The second-order valence-electron chi connectivity index (χ2n) is 5.92.